The van der Waals surface area contributed by atoms with Crippen LogP contribution in [0.3, 0.4) is 0 Å². The van der Waals surface area contributed by atoms with Crippen LogP contribution in [0.2, 0.25) is 0 Å². The van der Waals surface area contributed by atoms with Crippen LogP contribution in [0.15, 0.2) is 71.6 Å². The fraction of sp³-hybridized carbons (Fsp3) is 0.0476. The topological polar surface area (TPSA) is 46.2 Å². The molecule has 142 valence electrons. The summed E-state index contributed by atoms with van der Waals surface area (Å²) in [5.74, 6) is -5.00. The van der Waals surface area contributed by atoms with E-state index in [4.69, 9.17) is 0 Å². The van der Waals surface area contributed by atoms with E-state index in [0.29, 0.717) is 10.5 Å². The van der Waals surface area contributed by atoms with Crippen molar-refractivity contribution < 1.29 is 22.8 Å². The van der Waals surface area contributed by atoms with Gasteiger partial charge < -0.3 is 5.32 Å². The number of hydrogen-bond donors (Lipinski definition) is 1. The molecule has 0 saturated heterocycles. The number of halogens is 3. The van der Waals surface area contributed by atoms with Gasteiger partial charge in [0.2, 0.25) is 0 Å². The molecular formula is C21H14F3NO2S. The van der Waals surface area contributed by atoms with E-state index in [1.54, 1.807) is 36.4 Å². The number of thioether (sulfide) groups is 1. The summed E-state index contributed by atoms with van der Waals surface area (Å²) in [6, 6.07) is 16.9. The Morgan fingerprint density at radius 3 is 2.29 bits per heavy atom. The van der Waals surface area contributed by atoms with Gasteiger partial charge in [-0.1, -0.05) is 36.4 Å². The number of carbonyl (C=O) groups is 2. The summed E-state index contributed by atoms with van der Waals surface area (Å²) in [6.45, 7) is 0. The number of Topliss-reactive ketones (excluding diaryl/α,β-unsaturated/α-hetero) is 1. The van der Waals surface area contributed by atoms with E-state index in [1.165, 1.54) is 23.9 Å². The van der Waals surface area contributed by atoms with Gasteiger partial charge in [0.05, 0.1) is 11.4 Å². The van der Waals surface area contributed by atoms with Crippen LogP contribution < -0.4 is 5.32 Å². The van der Waals surface area contributed by atoms with Crippen molar-refractivity contribution in [2.75, 3.05) is 11.1 Å². The van der Waals surface area contributed by atoms with Gasteiger partial charge in [0.25, 0.3) is 5.91 Å². The van der Waals surface area contributed by atoms with E-state index in [0.717, 1.165) is 12.1 Å². The molecule has 0 saturated carbocycles. The Morgan fingerprint density at radius 1 is 0.821 bits per heavy atom. The summed E-state index contributed by atoms with van der Waals surface area (Å²) in [4.78, 5) is 25.1. The molecule has 0 aliphatic carbocycles. The average molecular weight is 401 g/mol. The molecule has 3 aromatic carbocycles. The number of carbonyl (C=O) groups excluding carboxylic acids is 2. The molecule has 0 aliphatic heterocycles. The monoisotopic (exact) mass is 401 g/mol. The molecule has 3 nitrogen and oxygen atoms in total. The van der Waals surface area contributed by atoms with Gasteiger partial charge in [-0.05, 0) is 30.3 Å². The SMILES string of the molecule is O=C(CSc1cccc(C(=O)Nc2ccc(F)c(F)c2F)c1)c1ccccc1. The Morgan fingerprint density at radius 2 is 1.54 bits per heavy atom. The van der Waals surface area contributed by atoms with Crippen LogP contribution in [-0.2, 0) is 0 Å². The van der Waals surface area contributed by atoms with Crippen LogP contribution in [0.4, 0.5) is 18.9 Å². The number of amides is 1. The summed E-state index contributed by atoms with van der Waals surface area (Å²) in [5, 5.41) is 2.22. The number of benzene rings is 3. The highest BCUT2D eigenvalue weighted by Crippen LogP contribution is 2.23. The lowest BCUT2D eigenvalue weighted by molar-refractivity contribution is 0.101. The van der Waals surface area contributed by atoms with Gasteiger partial charge in [0, 0.05) is 16.0 Å². The van der Waals surface area contributed by atoms with Crippen molar-refractivity contribution in [3.05, 3.63) is 95.3 Å². The van der Waals surface area contributed by atoms with Crippen molar-refractivity contribution in [1.29, 1.82) is 0 Å². The minimum absolute atomic E-state index is 0.0516. The van der Waals surface area contributed by atoms with Crippen molar-refractivity contribution in [2.24, 2.45) is 0 Å². The normalized spacial score (nSPS) is 10.5. The number of rotatable bonds is 6. The zero-order chi connectivity index (χ0) is 20.1. The molecule has 3 aromatic rings. The fourth-order valence-electron chi connectivity index (χ4n) is 2.40. The van der Waals surface area contributed by atoms with Gasteiger partial charge in [0.15, 0.2) is 23.2 Å². The van der Waals surface area contributed by atoms with Crippen molar-refractivity contribution in [3.8, 4) is 0 Å². The summed E-state index contributed by atoms with van der Waals surface area (Å²) >= 11 is 1.26. The molecule has 0 fully saturated rings. The third-order valence-corrected chi connectivity index (χ3v) is 4.84. The predicted molar refractivity (Wildman–Crippen MR) is 102 cm³/mol. The second kappa shape index (κ2) is 8.75. The third kappa shape index (κ3) is 4.61. The summed E-state index contributed by atoms with van der Waals surface area (Å²) in [7, 11) is 0. The summed E-state index contributed by atoms with van der Waals surface area (Å²) in [6.07, 6.45) is 0. The first-order valence-corrected chi connectivity index (χ1v) is 9.20. The lowest BCUT2D eigenvalue weighted by Gasteiger charge is -2.08. The van der Waals surface area contributed by atoms with Gasteiger partial charge >= 0.3 is 0 Å². The lowest BCUT2D eigenvalue weighted by atomic mass is 10.2. The zero-order valence-corrected chi connectivity index (χ0v) is 15.2. The molecule has 28 heavy (non-hydrogen) atoms. The smallest absolute Gasteiger partial charge is 0.255 e. The molecule has 0 heterocycles. The van der Waals surface area contributed by atoms with Crippen LogP contribution in [0.5, 0.6) is 0 Å². The van der Waals surface area contributed by atoms with Crippen molar-refractivity contribution in [2.45, 2.75) is 4.90 Å². The second-order valence-electron chi connectivity index (χ2n) is 5.78. The zero-order valence-electron chi connectivity index (χ0n) is 14.4. The first-order valence-electron chi connectivity index (χ1n) is 8.21. The minimum Gasteiger partial charge on any atom is -0.319 e. The summed E-state index contributed by atoms with van der Waals surface area (Å²) in [5.41, 5.74) is 0.334. The second-order valence-corrected chi connectivity index (χ2v) is 6.83. The third-order valence-electron chi connectivity index (χ3n) is 3.85. The maximum Gasteiger partial charge on any atom is 0.255 e. The van der Waals surface area contributed by atoms with Crippen LogP contribution >= 0.6 is 11.8 Å². The molecule has 0 aromatic heterocycles. The molecule has 1 N–H and O–H groups in total. The highest BCUT2D eigenvalue weighted by Gasteiger charge is 2.16. The fourth-order valence-corrected chi connectivity index (χ4v) is 3.25. The first-order chi connectivity index (χ1) is 13.5. The van der Waals surface area contributed by atoms with Crippen LogP contribution in [0, 0.1) is 17.5 Å². The number of hydrogen-bond acceptors (Lipinski definition) is 3. The number of ketones is 1. The van der Waals surface area contributed by atoms with Crippen molar-refractivity contribution in [3.63, 3.8) is 0 Å². The van der Waals surface area contributed by atoms with E-state index in [2.05, 4.69) is 5.32 Å². The van der Waals surface area contributed by atoms with Crippen LogP contribution in [-0.4, -0.2) is 17.4 Å². The molecule has 0 unspecified atom stereocenters. The van der Waals surface area contributed by atoms with E-state index in [-0.39, 0.29) is 17.1 Å². The van der Waals surface area contributed by atoms with E-state index >= 15 is 0 Å². The molecule has 3 rings (SSSR count). The maximum absolute atomic E-state index is 13.7. The summed E-state index contributed by atoms with van der Waals surface area (Å²) < 4.78 is 40.0. The molecule has 7 heteroatoms. The molecule has 0 radical (unpaired) electrons. The maximum atomic E-state index is 13.7. The standard InChI is InChI=1S/C21H14F3NO2S/c22-16-9-10-17(20(24)19(16)23)25-21(27)14-7-4-8-15(11-14)28-12-18(26)13-5-2-1-3-6-13/h1-11H,12H2,(H,25,27). The van der Waals surface area contributed by atoms with Gasteiger partial charge in [0.1, 0.15) is 0 Å². The first kappa shape index (κ1) is 19.7. The van der Waals surface area contributed by atoms with Crippen LogP contribution in [0.25, 0.3) is 0 Å². The van der Waals surface area contributed by atoms with Crippen molar-refractivity contribution in [1.82, 2.24) is 0 Å². The number of nitrogens with one attached hydrogen (secondary N) is 1. The Kier molecular flexibility index (Phi) is 6.16. The highest BCUT2D eigenvalue weighted by molar-refractivity contribution is 8.00. The van der Waals surface area contributed by atoms with Gasteiger partial charge in [-0.15, -0.1) is 11.8 Å². The highest BCUT2D eigenvalue weighted by atomic mass is 32.2. The molecule has 0 spiro atoms. The van der Waals surface area contributed by atoms with Gasteiger partial charge in [-0.2, -0.15) is 0 Å². The predicted octanol–water partition coefficient (Wildman–Crippen LogP) is 5.33. The van der Waals surface area contributed by atoms with E-state index in [1.807, 2.05) is 6.07 Å². The van der Waals surface area contributed by atoms with Gasteiger partial charge in [-0.3, -0.25) is 9.59 Å². The number of anilines is 1. The average Bonchev–Trinajstić information content (AvgIpc) is 2.73. The van der Waals surface area contributed by atoms with Crippen LogP contribution in [0.1, 0.15) is 20.7 Å². The molecule has 0 aliphatic rings. The molecule has 0 bridgehead atoms. The minimum atomic E-state index is -1.65. The largest absolute Gasteiger partial charge is 0.319 e. The van der Waals surface area contributed by atoms with E-state index in [9.17, 15) is 22.8 Å². The molecule has 1 amide bonds. The quantitative estimate of drug-likeness (QED) is 0.345. The van der Waals surface area contributed by atoms with E-state index < -0.39 is 29.0 Å². The molecule has 0 atom stereocenters. The van der Waals surface area contributed by atoms with Gasteiger partial charge in [-0.25, -0.2) is 13.2 Å². The molecular weight excluding hydrogens is 387 g/mol. The Bertz CT molecular complexity index is 1030. The Balaban J connectivity index is 1.68. The lowest BCUT2D eigenvalue weighted by Crippen LogP contribution is -2.14. The van der Waals surface area contributed by atoms with Crippen molar-refractivity contribution >= 4 is 29.1 Å². The Hall–Kier alpha value is -3.06. The Labute approximate surface area is 163 Å².